The standard InChI is InChI=1S/C14H21NO2/c1-4-5-11-6-8-12(9-7-11)13(14(16)17)10-15(2)3/h6-9,13H,4-5,10H2,1-3H3,(H,16,17). The van der Waals surface area contributed by atoms with Gasteiger partial charge in [-0.25, -0.2) is 0 Å². The molecule has 0 heterocycles. The number of carboxylic acids is 1. The lowest BCUT2D eigenvalue weighted by atomic mass is 9.97. The highest BCUT2D eigenvalue weighted by Gasteiger charge is 2.20. The number of aliphatic carboxylic acids is 1. The van der Waals surface area contributed by atoms with Crippen molar-refractivity contribution in [3.8, 4) is 0 Å². The monoisotopic (exact) mass is 235 g/mol. The molecule has 0 aliphatic heterocycles. The number of likely N-dealkylation sites (N-methyl/N-ethyl adjacent to an activating group) is 1. The molecule has 1 unspecified atom stereocenters. The maximum Gasteiger partial charge on any atom is 0.312 e. The molecule has 0 spiro atoms. The van der Waals surface area contributed by atoms with E-state index in [0.717, 1.165) is 18.4 Å². The molecule has 0 radical (unpaired) electrons. The lowest BCUT2D eigenvalue weighted by Gasteiger charge is -2.17. The molecule has 0 aliphatic carbocycles. The number of rotatable bonds is 6. The molecule has 1 rings (SSSR count). The van der Waals surface area contributed by atoms with E-state index in [9.17, 15) is 9.90 Å². The van der Waals surface area contributed by atoms with Crippen LogP contribution in [0, 0.1) is 0 Å². The minimum atomic E-state index is -0.762. The van der Waals surface area contributed by atoms with Crippen LogP contribution in [0.15, 0.2) is 24.3 Å². The normalized spacial score (nSPS) is 12.7. The average molecular weight is 235 g/mol. The molecule has 0 saturated heterocycles. The van der Waals surface area contributed by atoms with Crippen LogP contribution in [0.1, 0.15) is 30.4 Å². The first-order valence-electron chi connectivity index (χ1n) is 6.01. The molecule has 0 bridgehead atoms. The van der Waals surface area contributed by atoms with Gasteiger partial charge in [-0.05, 0) is 31.6 Å². The maximum atomic E-state index is 11.2. The van der Waals surface area contributed by atoms with Crippen molar-refractivity contribution in [1.82, 2.24) is 4.90 Å². The van der Waals surface area contributed by atoms with E-state index in [2.05, 4.69) is 6.92 Å². The molecule has 0 saturated carbocycles. The molecule has 3 heteroatoms. The van der Waals surface area contributed by atoms with Gasteiger partial charge >= 0.3 is 5.97 Å². The summed E-state index contributed by atoms with van der Waals surface area (Å²) in [7, 11) is 3.78. The van der Waals surface area contributed by atoms with E-state index < -0.39 is 11.9 Å². The van der Waals surface area contributed by atoms with Gasteiger partial charge in [0.25, 0.3) is 0 Å². The Bertz CT molecular complexity index is 357. The second-order valence-corrected chi connectivity index (χ2v) is 4.64. The summed E-state index contributed by atoms with van der Waals surface area (Å²) in [5.74, 6) is -1.21. The number of carboxylic acid groups (broad SMARTS) is 1. The predicted molar refractivity (Wildman–Crippen MR) is 69.4 cm³/mol. The van der Waals surface area contributed by atoms with Crippen LogP contribution in [0.3, 0.4) is 0 Å². The van der Waals surface area contributed by atoms with Crippen molar-refractivity contribution in [2.75, 3.05) is 20.6 Å². The molecule has 1 N–H and O–H groups in total. The molecule has 0 aromatic heterocycles. The average Bonchev–Trinajstić information content (AvgIpc) is 2.27. The van der Waals surface area contributed by atoms with E-state index in [4.69, 9.17) is 0 Å². The Morgan fingerprint density at radius 1 is 1.29 bits per heavy atom. The number of hydrogen-bond donors (Lipinski definition) is 1. The van der Waals surface area contributed by atoms with Gasteiger partial charge < -0.3 is 10.0 Å². The fourth-order valence-corrected chi connectivity index (χ4v) is 1.90. The van der Waals surface area contributed by atoms with Gasteiger partial charge in [0.05, 0.1) is 5.92 Å². The van der Waals surface area contributed by atoms with Crippen LogP contribution in [-0.2, 0) is 11.2 Å². The lowest BCUT2D eigenvalue weighted by molar-refractivity contribution is -0.139. The van der Waals surface area contributed by atoms with Gasteiger partial charge in [-0.15, -0.1) is 0 Å². The van der Waals surface area contributed by atoms with E-state index >= 15 is 0 Å². The second-order valence-electron chi connectivity index (χ2n) is 4.64. The van der Waals surface area contributed by atoms with E-state index in [-0.39, 0.29) is 0 Å². The van der Waals surface area contributed by atoms with Crippen LogP contribution >= 0.6 is 0 Å². The first-order chi connectivity index (χ1) is 8.04. The zero-order valence-electron chi connectivity index (χ0n) is 10.8. The van der Waals surface area contributed by atoms with Crippen molar-refractivity contribution in [1.29, 1.82) is 0 Å². The summed E-state index contributed by atoms with van der Waals surface area (Å²) in [6.07, 6.45) is 2.16. The van der Waals surface area contributed by atoms with E-state index in [1.807, 2.05) is 43.3 Å². The molecule has 1 aromatic carbocycles. The molecule has 1 atom stereocenters. The Kier molecular flexibility index (Phi) is 5.16. The molecule has 0 aliphatic rings. The number of nitrogens with zero attached hydrogens (tertiary/aromatic N) is 1. The Hall–Kier alpha value is -1.35. The van der Waals surface area contributed by atoms with Crippen LogP contribution < -0.4 is 0 Å². The summed E-state index contributed by atoms with van der Waals surface area (Å²) in [5, 5.41) is 9.22. The third kappa shape index (κ3) is 4.19. The van der Waals surface area contributed by atoms with Crippen molar-refractivity contribution >= 4 is 5.97 Å². The van der Waals surface area contributed by atoms with Gasteiger partial charge in [-0.1, -0.05) is 37.6 Å². The van der Waals surface area contributed by atoms with Gasteiger partial charge in [0, 0.05) is 6.54 Å². The number of carbonyl (C=O) groups is 1. The third-order valence-electron chi connectivity index (χ3n) is 2.77. The van der Waals surface area contributed by atoms with Gasteiger partial charge in [0.1, 0.15) is 0 Å². The summed E-state index contributed by atoms with van der Waals surface area (Å²) < 4.78 is 0. The van der Waals surface area contributed by atoms with Gasteiger partial charge in [0.15, 0.2) is 0 Å². The Morgan fingerprint density at radius 3 is 2.29 bits per heavy atom. The summed E-state index contributed by atoms with van der Waals surface area (Å²) in [5.41, 5.74) is 2.15. The van der Waals surface area contributed by atoms with Gasteiger partial charge in [-0.3, -0.25) is 4.79 Å². The van der Waals surface area contributed by atoms with Crippen molar-refractivity contribution < 1.29 is 9.90 Å². The first-order valence-corrected chi connectivity index (χ1v) is 6.01. The lowest BCUT2D eigenvalue weighted by Crippen LogP contribution is -2.25. The SMILES string of the molecule is CCCc1ccc(C(CN(C)C)C(=O)O)cc1. The van der Waals surface area contributed by atoms with Crippen LogP contribution in [-0.4, -0.2) is 36.6 Å². The van der Waals surface area contributed by atoms with Crippen molar-refractivity contribution in [3.05, 3.63) is 35.4 Å². The quantitative estimate of drug-likeness (QED) is 0.823. The van der Waals surface area contributed by atoms with Crippen LogP contribution in [0.2, 0.25) is 0 Å². The first kappa shape index (κ1) is 13.7. The molecule has 17 heavy (non-hydrogen) atoms. The summed E-state index contributed by atoms with van der Waals surface area (Å²) in [4.78, 5) is 13.1. The van der Waals surface area contributed by atoms with E-state index in [0.29, 0.717) is 6.54 Å². The Labute approximate surface area is 103 Å². The Balaban J connectivity index is 2.83. The largest absolute Gasteiger partial charge is 0.481 e. The minimum absolute atomic E-state index is 0.444. The molecule has 0 fully saturated rings. The molecule has 1 aromatic rings. The highest BCUT2D eigenvalue weighted by molar-refractivity contribution is 5.76. The van der Waals surface area contributed by atoms with Gasteiger partial charge in [0.2, 0.25) is 0 Å². The minimum Gasteiger partial charge on any atom is -0.481 e. The molecule has 0 amide bonds. The summed E-state index contributed by atoms with van der Waals surface area (Å²) in [6.45, 7) is 2.67. The van der Waals surface area contributed by atoms with Crippen molar-refractivity contribution in [2.45, 2.75) is 25.7 Å². The third-order valence-corrected chi connectivity index (χ3v) is 2.77. The topological polar surface area (TPSA) is 40.5 Å². The molecular formula is C14H21NO2. The molecular weight excluding hydrogens is 214 g/mol. The zero-order valence-corrected chi connectivity index (χ0v) is 10.8. The summed E-state index contributed by atoms with van der Waals surface area (Å²) in [6, 6.07) is 7.94. The van der Waals surface area contributed by atoms with Crippen molar-refractivity contribution in [2.24, 2.45) is 0 Å². The highest BCUT2D eigenvalue weighted by atomic mass is 16.4. The zero-order chi connectivity index (χ0) is 12.8. The smallest absolute Gasteiger partial charge is 0.312 e. The molecule has 3 nitrogen and oxygen atoms in total. The number of benzene rings is 1. The van der Waals surface area contributed by atoms with Crippen molar-refractivity contribution in [3.63, 3.8) is 0 Å². The predicted octanol–water partition coefficient (Wildman–Crippen LogP) is 2.37. The van der Waals surface area contributed by atoms with E-state index in [1.54, 1.807) is 0 Å². The Morgan fingerprint density at radius 2 is 1.88 bits per heavy atom. The maximum absolute atomic E-state index is 11.2. The van der Waals surface area contributed by atoms with Gasteiger partial charge in [-0.2, -0.15) is 0 Å². The molecule has 94 valence electrons. The van der Waals surface area contributed by atoms with E-state index in [1.165, 1.54) is 5.56 Å². The fourth-order valence-electron chi connectivity index (χ4n) is 1.90. The van der Waals surface area contributed by atoms with Crippen LogP contribution in [0.25, 0.3) is 0 Å². The number of hydrogen-bond acceptors (Lipinski definition) is 2. The highest BCUT2D eigenvalue weighted by Crippen LogP contribution is 2.18. The van der Waals surface area contributed by atoms with Crippen LogP contribution in [0.5, 0.6) is 0 Å². The fraction of sp³-hybridized carbons (Fsp3) is 0.500. The summed E-state index contributed by atoms with van der Waals surface area (Å²) >= 11 is 0. The van der Waals surface area contributed by atoms with Crippen LogP contribution in [0.4, 0.5) is 0 Å². The number of aryl methyl sites for hydroxylation is 1. The second kappa shape index (κ2) is 6.40.